The lowest BCUT2D eigenvalue weighted by atomic mass is 9.31. The first-order valence-electron chi connectivity index (χ1n) is 32.0. The highest BCUT2D eigenvalue weighted by atomic mass is 32.2. The van der Waals surface area contributed by atoms with Crippen LogP contribution in [0.2, 0.25) is 0 Å². The SMILES string of the molecule is Cc1cccc(-c2ccccc2)c1N1c2cc3c(cc2B2c4ccccc4Oc4cc(N(c5ccccc5)c5ccccc5)cc1c42)B1c2ccccc2N(c2ccccc2)c2cc(N(c4ccc(-c5ccccc5)cc4)c4cccc(-c5ccccc5)c4)cc(c21)S3. The first-order chi connectivity index (χ1) is 46.1. The van der Waals surface area contributed by atoms with Gasteiger partial charge in [0, 0.05) is 78.3 Å². The van der Waals surface area contributed by atoms with E-state index in [2.05, 4.69) is 360 Å². The second kappa shape index (κ2) is 22.5. The topological polar surface area (TPSA) is 22.2 Å². The van der Waals surface area contributed by atoms with Crippen molar-refractivity contribution in [2.45, 2.75) is 16.7 Å². The summed E-state index contributed by atoms with van der Waals surface area (Å²) in [7, 11) is 0. The molecule has 0 aromatic heterocycles. The quantitative estimate of drug-likeness (QED) is 0.120. The minimum atomic E-state index is -0.168. The number of hydrogen-bond donors (Lipinski definition) is 0. The van der Waals surface area contributed by atoms with Crippen LogP contribution in [0.3, 0.4) is 0 Å². The zero-order chi connectivity index (χ0) is 61.5. The molecule has 0 amide bonds. The van der Waals surface area contributed by atoms with Crippen LogP contribution in [-0.4, -0.2) is 13.4 Å². The van der Waals surface area contributed by atoms with Gasteiger partial charge < -0.3 is 24.3 Å². The lowest BCUT2D eigenvalue weighted by Gasteiger charge is -2.44. The molecule has 0 radical (unpaired) electrons. The lowest BCUT2D eigenvalue weighted by molar-refractivity contribution is 0.487. The van der Waals surface area contributed by atoms with Crippen molar-refractivity contribution < 1.29 is 4.74 Å². The van der Waals surface area contributed by atoms with Crippen LogP contribution in [0.25, 0.3) is 33.4 Å². The van der Waals surface area contributed by atoms with Crippen molar-refractivity contribution in [1.29, 1.82) is 0 Å². The molecule has 0 N–H and O–H groups in total. The molecule has 436 valence electrons. The molecule has 0 saturated heterocycles. The number of nitrogens with zero attached hydrogens (tertiary/aromatic N) is 4. The fourth-order valence-electron chi connectivity index (χ4n) is 15.0. The van der Waals surface area contributed by atoms with E-state index in [9.17, 15) is 0 Å². The first-order valence-corrected chi connectivity index (χ1v) is 32.8. The van der Waals surface area contributed by atoms with E-state index >= 15 is 0 Å². The van der Waals surface area contributed by atoms with E-state index in [1.165, 1.54) is 53.9 Å². The Morgan fingerprint density at radius 1 is 0.301 bits per heavy atom. The maximum atomic E-state index is 7.34. The number of aryl methyl sites for hydroxylation is 1. The van der Waals surface area contributed by atoms with Crippen molar-refractivity contribution in [1.82, 2.24) is 0 Å². The van der Waals surface area contributed by atoms with Gasteiger partial charge in [0.25, 0.3) is 6.71 Å². The van der Waals surface area contributed by atoms with Crippen molar-refractivity contribution >= 4 is 126 Å². The Morgan fingerprint density at radius 2 is 0.817 bits per heavy atom. The molecule has 93 heavy (non-hydrogen) atoms. The van der Waals surface area contributed by atoms with Gasteiger partial charge in [-0.15, -0.1) is 0 Å². The smallest absolute Gasteiger partial charge is 0.256 e. The van der Waals surface area contributed by atoms with E-state index in [0.717, 1.165) is 107 Å². The largest absolute Gasteiger partial charge is 0.458 e. The molecule has 4 heterocycles. The third kappa shape index (κ3) is 9.19. The molecule has 0 atom stereocenters. The number of rotatable bonds is 11. The van der Waals surface area contributed by atoms with Crippen LogP contribution in [0, 0.1) is 6.92 Å². The molecule has 4 aliphatic rings. The minimum Gasteiger partial charge on any atom is -0.458 e. The molecule has 0 bridgehead atoms. The molecule has 0 saturated carbocycles. The summed E-state index contributed by atoms with van der Waals surface area (Å²) in [5.74, 6) is 1.71. The van der Waals surface area contributed by atoms with Crippen LogP contribution in [0.5, 0.6) is 11.5 Å². The molecule has 0 unspecified atom stereocenters. The van der Waals surface area contributed by atoms with Gasteiger partial charge >= 0.3 is 0 Å². The maximum Gasteiger partial charge on any atom is 0.256 e. The summed E-state index contributed by atoms with van der Waals surface area (Å²) in [6.45, 7) is 1.99. The number of fused-ring (bicyclic) bond motifs is 8. The van der Waals surface area contributed by atoms with E-state index in [1.54, 1.807) is 0 Å². The van der Waals surface area contributed by atoms with Gasteiger partial charge in [0.1, 0.15) is 11.5 Å². The van der Waals surface area contributed by atoms with Gasteiger partial charge in [-0.05, 0) is 165 Å². The molecule has 0 aliphatic carbocycles. The molecular weight excluding hydrogens is 1150 g/mol. The van der Waals surface area contributed by atoms with E-state index in [-0.39, 0.29) is 13.4 Å². The molecule has 5 nitrogen and oxygen atoms in total. The lowest BCUT2D eigenvalue weighted by Crippen LogP contribution is -2.63. The molecular formula is C85H58B2N4OS. The Bertz CT molecular complexity index is 5160. The van der Waals surface area contributed by atoms with Gasteiger partial charge in [-0.2, -0.15) is 0 Å². The van der Waals surface area contributed by atoms with E-state index in [0.29, 0.717) is 0 Å². The zero-order valence-corrected chi connectivity index (χ0v) is 51.8. The number of benzene rings is 14. The highest BCUT2D eigenvalue weighted by Gasteiger charge is 2.47. The minimum absolute atomic E-state index is 0.114. The summed E-state index contributed by atoms with van der Waals surface area (Å²) in [5.41, 5.74) is 28.6. The second-order valence-corrected chi connectivity index (χ2v) is 25.5. The standard InChI is InChI=1S/C85H58B2N4OS/c1-57-26-24-41-70(61-31-12-4-13-32-61)85(57)91-76-56-81-74(55-73(76)87-72-43-21-23-45-79(72)92-80-53-68(51-77(91)83(80)87)88(63-34-14-5-15-35-63)64-36-16-6-17-37-64)86-71-42-20-22-44-75(71)90(65-38-18-7-19-39-65)78-52-69(54-82(93-81)84(78)86)89(66-48-46-60(47-49-66)58-27-8-2-9-28-58)67-40-25-33-62(50-67)59-29-10-3-11-30-59/h2-56H,1H3. The van der Waals surface area contributed by atoms with Crippen LogP contribution < -0.4 is 57.1 Å². The normalized spacial score (nSPS) is 12.7. The molecule has 18 rings (SSSR count). The average Bonchev–Trinajstić information content (AvgIpc) is 0.696. The van der Waals surface area contributed by atoms with E-state index in [4.69, 9.17) is 4.74 Å². The highest BCUT2D eigenvalue weighted by molar-refractivity contribution is 8.00. The van der Waals surface area contributed by atoms with Gasteiger partial charge in [-0.3, -0.25) is 0 Å². The summed E-state index contributed by atoms with van der Waals surface area (Å²) < 4.78 is 7.34. The monoisotopic (exact) mass is 1200 g/mol. The van der Waals surface area contributed by atoms with E-state index < -0.39 is 0 Å². The van der Waals surface area contributed by atoms with Crippen LogP contribution >= 0.6 is 11.8 Å². The van der Waals surface area contributed by atoms with Gasteiger partial charge in [0.05, 0.1) is 11.4 Å². The van der Waals surface area contributed by atoms with Crippen molar-refractivity contribution in [3.63, 3.8) is 0 Å². The molecule has 14 aromatic carbocycles. The number of para-hydroxylation sites is 6. The molecule has 14 aromatic rings. The Kier molecular flexibility index (Phi) is 13.2. The van der Waals surface area contributed by atoms with Gasteiger partial charge in [0.15, 0.2) is 0 Å². The maximum absolute atomic E-state index is 7.34. The Morgan fingerprint density at radius 3 is 1.52 bits per heavy atom. The Balaban J connectivity index is 0.904. The Hall–Kier alpha value is -11.4. The summed E-state index contributed by atoms with van der Waals surface area (Å²) in [6, 6.07) is 122. The summed E-state index contributed by atoms with van der Waals surface area (Å²) in [6.07, 6.45) is 0. The van der Waals surface area contributed by atoms with Crippen molar-refractivity contribution in [3.8, 4) is 44.9 Å². The van der Waals surface area contributed by atoms with Gasteiger partial charge in [-0.25, -0.2) is 0 Å². The van der Waals surface area contributed by atoms with Crippen molar-refractivity contribution in [2.75, 3.05) is 19.6 Å². The molecule has 0 spiro atoms. The van der Waals surface area contributed by atoms with Gasteiger partial charge in [-0.1, -0.05) is 248 Å². The van der Waals surface area contributed by atoms with Crippen molar-refractivity contribution in [2.24, 2.45) is 0 Å². The third-order valence-electron chi connectivity index (χ3n) is 19.0. The summed E-state index contributed by atoms with van der Waals surface area (Å²) >= 11 is 1.90. The summed E-state index contributed by atoms with van der Waals surface area (Å²) in [4.78, 5) is 12.4. The summed E-state index contributed by atoms with van der Waals surface area (Å²) in [5, 5.41) is 0. The zero-order valence-electron chi connectivity index (χ0n) is 51.0. The van der Waals surface area contributed by atoms with Crippen molar-refractivity contribution in [3.05, 3.63) is 339 Å². The van der Waals surface area contributed by atoms with Crippen LogP contribution in [-0.2, 0) is 0 Å². The van der Waals surface area contributed by atoms with E-state index in [1.807, 2.05) is 11.8 Å². The predicted molar refractivity (Wildman–Crippen MR) is 393 cm³/mol. The number of anilines is 12. The Labute approximate surface area is 547 Å². The van der Waals surface area contributed by atoms with Crippen LogP contribution in [0.15, 0.2) is 343 Å². The molecule has 8 heteroatoms. The average molecular weight is 1210 g/mol. The fraction of sp³-hybridized carbons (Fsp3) is 0.0118. The predicted octanol–water partition coefficient (Wildman–Crippen LogP) is 19.1. The fourth-order valence-corrected chi connectivity index (χ4v) is 16.2. The third-order valence-corrected chi connectivity index (χ3v) is 20.1. The molecule has 0 fully saturated rings. The second-order valence-electron chi connectivity index (χ2n) is 24.4. The highest BCUT2D eigenvalue weighted by Crippen LogP contribution is 2.52. The molecule has 4 aliphatic heterocycles. The van der Waals surface area contributed by atoms with Crippen LogP contribution in [0.1, 0.15) is 5.56 Å². The first kappa shape index (κ1) is 54.5. The number of hydrogen-bond acceptors (Lipinski definition) is 6. The van der Waals surface area contributed by atoms with Gasteiger partial charge in [0.2, 0.25) is 6.71 Å². The van der Waals surface area contributed by atoms with Crippen LogP contribution in [0.4, 0.5) is 68.2 Å². The number of ether oxygens (including phenoxy) is 1.